The van der Waals surface area contributed by atoms with Gasteiger partial charge in [-0.3, -0.25) is 0 Å². The van der Waals surface area contributed by atoms with Gasteiger partial charge in [0.2, 0.25) is 0 Å². The Morgan fingerprint density at radius 3 is 2.74 bits per heavy atom. The van der Waals surface area contributed by atoms with Crippen LogP contribution in [-0.2, 0) is 13.0 Å². The molecule has 1 aromatic carbocycles. The Hall–Kier alpha value is -1.42. The predicted molar refractivity (Wildman–Crippen MR) is 82.2 cm³/mol. The number of halogens is 1. The summed E-state index contributed by atoms with van der Waals surface area (Å²) in [6, 6.07) is 10.3. The smallest absolute Gasteiger partial charge is 0.132 e. The van der Waals surface area contributed by atoms with Gasteiger partial charge >= 0.3 is 0 Å². The zero-order valence-corrected chi connectivity index (χ0v) is 12.9. The first kappa shape index (κ1) is 14.0. The summed E-state index contributed by atoms with van der Waals surface area (Å²) in [5, 5.41) is 3.36. The van der Waals surface area contributed by atoms with E-state index in [9.17, 15) is 0 Å². The van der Waals surface area contributed by atoms with Crippen molar-refractivity contribution in [1.82, 2.24) is 9.97 Å². The Labute approximate surface area is 122 Å². The summed E-state index contributed by atoms with van der Waals surface area (Å²) in [4.78, 5) is 8.88. The highest BCUT2D eigenvalue weighted by Crippen LogP contribution is 2.15. The average Bonchev–Trinajstić information content (AvgIpc) is 2.37. The molecule has 0 fully saturated rings. The van der Waals surface area contributed by atoms with Gasteiger partial charge in [-0.25, -0.2) is 9.97 Å². The molecule has 0 amide bonds. The van der Waals surface area contributed by atoms with Gasteiger partial charge in [0.1, 0.15) is 16.2 Å². The van der Waals surface area contributed by atoms with Crippen LogP contribution in [0.25, 0.3) is 0 Å². The zero-order chi connectivity index (χ0) is 13.7. The minimum Gasteiger partial charge on any atom is -0.366 e. The monoisotopic (exact) mass is 319 g/mol. The van der Waals surface area contributed by atoms with Gasteiger partial charge in [-0.15, -0.1) is 0 Å². The second-order valence-corrected chi connectivity index (χ2v) is 5.33. The van der Waals surface area contributed by atoms with E-state index in [4.69, 9.17) is 0 Å². The first-order chi connectivity index (χ1) is 9.19. The molecular weight excluding hydrogens is 302 g/mol. The van der Waals surface area contributed by atoms with Crippen LogP contribution in [0.3, 0.4) is 0 Å². The lowest BCUT2D eigenvalue weighted by Crippen LogP contribution is -2.05. The topological polar surface area (TPSA) is 37.8 Å². The van der Waals surface area contributed by atoms with E-state index in [1.54, 1.807) is 0 Å². The summed E-state index contributed by atoms with van der Waals surface area (Å²) < 4.78 is 0.832. The third kappa shape index (κ3) is 4.03. The highest BCUT2D eigenvalue weighted by atomic mass is 79.9. The third-order valence-corrected chi connectivity index (χ3v) is 3.34. The normalized spacial score (nSPS) is 10.5. The van der Waals surface area contributed by atoms with Gasteiger partial charge in [0, 0.05) is 19.0 Å². The summed E-state index contributed by atoms with van der Waals surface area (Å²) in [6.07, 6.45) is 1.95. The van der Waals surface area contributed by atoms with Crippen LogP contribution in [-0.4, -0.2) is 9.97 Å². The molecule has 100 valence electrons. The second-order valence-electron chi connectivity index (χ2n) is 4.52. The Kier molecular flexibility index (Phi) is 4.91. The van der Waals surface area contributed by atoms with Gasteiger partial charge in [-0.2, -0.15) is 0 Å². The molecule has 4 heteroatoms. The quantitative estimate of drug-likeness (QED) is 0.843. The number of nitrogens with zero attached hydrogens (tertiary/aromatic N) is 2. The van der Waals surface area contributed by atoms with E-state index in [1.807, 2.05) is 6.07 Å². The van der Waals surface area contributed by atoms with Crippen LogP contribution in [0, 0.1) is 6.92 Å². The van der Waals surface area contributed by atoms with Crippen molar-refractivity contribution >= 4 is 21.7 Å². The van der Waals surface area contributed by atoms with Crippen LogP contribution in [0.15, 0.2) is 34.9 Å². The van der Waals surface area contributed by atoms with Crippen molar-refractivity contribution in [3.8, 4) is 0 Å². The number of nitrogens with one attached hydrogen (secondary N) is 1. The fraction of sp³-hybridized carbons (Fsp3) is 0.333. The molecule has 0 saturated heterocycles. The fourth-order valence-corrected chi connectivity index (χ4v) is 2.31. The van der Waals surface area contributed by atoms with Crippen LogP contribution < -0.4 is 5.32 Å². The standard InChI is InChI=1S/C15H18BrN3/c1-3-6-14-18-13(16)9-15(19-14)17-10-12-8-5-4-7-11(12)2/h4-5,7-9H,3,6,10H2,1-2H3,(H,17,18,19). The Morgan fingerprint density at radius 2 is 2.00 bits per heavy atom. The van der Waals surface area contributed by atoms with E-state index in [-0.39, 0.29) is 0 Å². The molecule has 0 aliphatic carbocycles. The summed E-state index contributed by atoms with van der Waals surface area (Å²) >= 11 is 3.43. The Morgan fingerprint density at radius 1 is 1.21 bits per heavy atom. The predicted octanol–water partition coefficient (Wildman–Crippen LogP) is 4.11. The Bertz CT molecular complexity index is 555. The molecule has 3 nitrogen and oxygen atoms in total. The minimum atomic E-state index is 0.779. The number of rotatable bonds is 5. The summed E-state index contributed by atoms with van der Waals surface area (Å²) in [6.45, 7) is 5.03. The molecule has 0 saturated carbocycles. The molecule has 0 aliphatic rings. The van der Waals surface area contributed by atoms with Crippen molar-refractivity contribution in [2.45, 2.75) is 33.2 Å². The van der Waals surface area contributed by atoms with E-state index in [0.717, 1.165) is 35.6 Å². The maximum Gasteiger partial charge on any atom is 0.132 e. The van der Waals surface area contributed by atoms with Crippen molar-refractivity contribution < 1.29 is 0 Å². The molecule has 2 aromatic rings. The lowest BCUT2D eigenvalue weighted by atomic mass is 10.1. The number of anilines is 1. The molecule has 19 heavy (non-hydrogen) atoms. The SMILES string of the molecule is CCCc1nc(Br)cc(NCc2ccccc2C)n1. The van der Waals surface area contributed by atoms with E-state index < -0.39 is 0 Å². The van der Waals surface area contributed by atoms with Gasteiger partial charge in [0.05, 0.1) is 0 Å². The van der Waals surface area contributed by atoms with Crippen molar-refractivity contribution in [3.05, 3.63) is 51.9 Å². The average molecular weight is 320 g/mol. The molecule has 1 aromatic heterocycles. The summed E-state index contributed by atoms with van der Waals surface area (Å²) in [7, 11) is 0. The van der Waals surface area contributed by atoms with Crippen LogP contribution in [0.2, 0.25) is 0 Å². The fourth-order valence-electron chi connectivity index (χ4n) is 1.88. The first-order valence-electron chi connectivity index (χ1n) is 6.51. The molecule has 1 N–H and O–H groups in total. The lowest BCUT2D eigenvalue weighted by Gasteiger charge is -2.09. The first-order valence-corrected chi connectivity index (χ1v) is 7.30. The molecule has 0 aliphatic heterocycles. The molecule has 1 heterocycles. The molecule has 0 bridgehead atoms. The number of benzene rings is 1. The third-order valence-electron chi connectivity index (χ3n) is 2.94. The van der Waals surface area contributed by atoms with E-state index in [1.165, 1.54) is 11.1 Å². The van der Waals surface area contributed by atoms with Crippen LogP contribution in [0.1, 0.15) is 30.3 Å². The summed E-state index contributed by atoms with van der Waals surface area (Å²) in [5.74, 6) is 1.75. The lowest BCUT2D eigenvalue weighted by molar-refractivity contribution is 0.828. The highest BCUT2D eigenvalue weighted by Gasteiger charge is 2.03. The van der Waals surface area contributed by atoms with Crippen LogP contribution in [0.4, 0.5) is 5.82 Å². The molecule has 2 rings (SSSR count). The van der Waals surface area contributed by atoms with Crippen molar-refractivity contribution in [1.29, 1.82) is 0 Å². The minimum absolute atomic E-state index is 0.779. The van der Waals surface area contributed by atoms with Gasteiger partial charge in [-0.05, 0) is 40.4 Å². The van der Waals surface area contributed by atoms with Gasteiger partial charge < -0.3 is 5.32 Å². The second kappa shape index (κ2) is 6.66. The van der Waals surface area contributed by atoms with Crippen LogP contribution in [0.5, 0.6) is 0 Å². The van der Waals surface area contributed by atoms with Crippen LogP contribution >= 0.6 is 15.9 Å². The van der Waals surface area contributed by atoms with Gasteiger partial charge in [0.25, 0.3) is 0 Å². The van der Waals surface area contributed by atoms with Crippen molar-refractivity contribution in [3.63, 3.8) is 0 Å². The highest BCUT2D eigenvalue weighted by molar-refractivity contribution is 9.10. The molecule has 0 atom stereocenters. The number of aromatic nitrogens is 2. The van der Waals surface area contributed by atoms with Gasteiger partial charge in [0.15, 0.2) is 0 Å². The molecule has 0 spiro atoms. The molecule has 0 radical (unpaired) electrons. The number of hydrogen-bond donors (Lipinski definition) is 1. The maximum atomic E-state index is 4.52. The van der Waals surface area contributed by atoms with E-state index in [2.05, 4.69) is 69.3 Å². The molecule has 0 unspecified atom stereocenters. The van der Waals surface area contributed by atoms with E-state index in [0.29, 0.717) is 0 Å². The maximum absolute atomic E-state index is 4.52. The van der Waals surface area contributed by atoms with Gasteiger partial charge in [-0.1, -0.05) is 31.2 Å². The number of hydrogen-bond acceptors (Lipinski definition) is 3. The number of aryl methyl sites for hydroxylation is 2. The van der Waals surface area contributed by atoms with E-state index >= 15 is 0 Å². The molecular formula is C15H18BrN3. The van der Waals surface area contributed by atoms with Crippen molar-refractivity contribution in [2.75, 3.05) is 5.32 Å². The summed E-state index contributed by atoms with van der Waals surface area (Å²) in [5.41, 5.74) is 2.58. The Balaban J connectivity index is 2.09. The zero-order valence-electron chi connectivity index (χ0n) is 11.3. The largest absolute Gasteiger partial charge is 0.366 e. The van der Waals surface area contributed by atoms with Crippen molar-refractivity contribution in [2.24, 2.45) is 0 Å².